The van der Waals surface area contributed by atoms with Crippen LogP contribution >= 0.6 is 11.3 Å². The van der Waals surface area contributed by atoms with Gasteiger partial charge in [0, 0.05) is 103 Å². The van der Waals surface area contributed by atoms with Crippen molar-refractivity contribution in [3.63, 3.8) is 0 Å². The Bertz CT molecular complexity index is 8920. The first-order valence-corrected chi connectivity index (χ1v) is 46.7. The molecule has 0 bridgehead atoms. The third kappa shape index (κ3) is 13.4. The molecule has 27 rings (SSSR count). The molecule has 0 fully saturated rings. The summed E-state index contributed by atoms with van der Waals surface area (Å²) in [6.45, 7) is 9.35. The van der Waals surface area contributed by atoms with E-state index in [-0.39, 0.29) is 10.8 Å². The van der Waals surface area contributed by atoms with E-state index in [0.717, 1.165) is 72.8 Å². The highest BCUT2D eigenvalue weighted by atomic mass is 32.1. The van der Waals surface area contributed by atoms with Gasteiger partial charge in [-0.05, 0) is 186 Å². The van der Waals surface area contributed by atoms with Crippen molar-refractivity contribution >= 4 is 108 Å². The monoisotopic (exact) mass is 1730 g/mol. The largest absolute Gasteiger partial charge is 0.309 e. The molecular weight excluding hydrogens is 1650 g/mol. The fraction of sp³-hybridized carbons (Fsp3) is 0.0480. The standard InChI is InChI=1S/2C43H31N3.C39H24N2S/c1-43(2)36-22-11-9-20-32(36)34-25-35-33-21-10-12-23-40(33)46(41(35)26-37(34)43)31-19-13-18-30(24-31)42-44-38(28-14-5-3-6-15-28)27-39(45-42)29-16-7-4-8-17-29;1-43(2)37-17-8-6-15-33(37)35-26-36-34-16-7-9-18-40(34)46(41(36)27-38(35)43)42-44-24-23-39(45-42)30-21-19-29(20-22-30)32-14-10-13-31(25-32)28-11-4-3-5-12-28;1-2-10-25(11-3-1)26-18-20-27(21-19-26)32-24-37(40-33-15-7-4-12-28(32)33)41-34-16-8-5-14-31(34)38-35(41)23-22-30-29-13-6-9-17-36(29)42-39(30)38/h2*3-27H,1-2H3;1-24H. The van der Waals surface area contributed by atoms with E-state index < -0.39 is 0 Å². The summed E-state index contributed by atoms with van der Waals surface area (Å²) in [5.74, 6) is 2.32. The number of hydrogen-bond acceptors (Lipinski definition) is 6. The minimum Gasteiger partial charge on any atom is -0.309 e. The van der Waals surface area contributed by atoms with E-state index in [1.807, 2.05) is 35.7 Å². The van der Waals surface area contributed by atoms with Crippen molar-refractivity contribution in [1.29, 1.82) is 0 Å². The topological polar surface area (TPSA) is 79.2 Å². The summed E-state index contributed by atoms with van der Waals surface area (Å²) in [6.07, 6.45) is 1.88. The lowest BCUT2D eigenvalue weighted by Crippen LogP contribution is -2.15. The van der Waals surface area contributed by atoms with Crippen LogP contribution in [0, 0.1) is 0 Å². The molecule has 0 amide bonds. The molecule has 9 heteroatoms. The first-order valence-electron chi connectivity index (χ1n) is 45.9. The zero-order valence-electron chi connectivity index (χ0n) is 74.2. The molecule has 0 aliphatic heterocycles. The van der Waals surface area contributed by atoms with Crippen LogP contribution in [0.2, 0.25) is 0 Å². The van der Waals surface area contributed by atoms with Gasteiger partial charge in [-0.1, -0.05) is 373 Å². The fourth-order valence-electron chi connectivity index (χ4n) is 21.1. The Morgan fingerprint density at radius 2 is 0.679 bits per heavy atom. The van der Waals surface area contributed by atoms with Gasteiger partial charge >= 0.3 is 0 Å². The van der Waals surface area contributed by atoms with Crippen molar-refractivity contribution in [3.8, 4) is 129 Å². The van der Waals surface area contributed by atoms with Gasteiger partial charge < -0.3 is 4.57 Å². The van der Waals surface area contributed by atoms with Gasteiger partial charge in [0.15, 0.2) is 5.82 Å². The number of hydrogen-bond donors (Lipinski definition) is 0. The summed E-state index contributed by atoms with van der Waals surface area (Å²) in [4.78, 5) is 25.5. The van der Waals surface area contributed by atoms with E-state index in [0.29, 0.717) is 11.8 Å². The van der Waals surface area contributed by atoms with Crippen molar-refractivity contribution in [2.75, 3.05) is 0 Å². The normalized spacial score (nSPS) is 12.7. The van der Waals surface area contributed by atoms with Gasteiger partial charge in [-0.15, -0.1) is 11.3 Å². The van der Waals surface area contributed by atoms with Crippen LogP contribution in [0.3, 0.4) is 0 Å². The van der Waals surface area contributed by atoms with Crippen molar-refractivity contribution < 1.29 is 0 Å². The predicted octanol–water partition coefficient (Wildman–Crippen LogP) is 32.8. The smallest absolute Gasteiger partial charge is 0.235 e. The molecule has 2 aliphatic carbocycles. The number of benzene rings is 18. The summed E-state index contributed by atoms with van der Waals surface area (Å²) in [5.41, 5.74) is 36.2. The molecule has 0 saturated heterocycles. The second-order valence-corrected chi connectivity index (χ2v) is 37.2. The molecule has 7 aromatic heterocycles. The average Bonchev–Trinajstić information content (AvgIpc) is 1.56. The maximum Gasteiger partial charge on any atom is 0.235 e. The second-order valence-electron chi connectivity index (χ2n) is 36.2. The third-order valence-corrected chi connectivity index (χ3v) is 28.9. The lowest BCUT2D eigenvalue weighted by molar-refractivity contribution is 0.661. The van der Waals surface area contributed by atoms with Gasteiger partial charge in [0.05, 0.1) is 55.7 Å². The molecule has 134 heavy (non-hydrogen) atoms. The molecular formula is C125H86N8S. The average molecular weight is 1730 g/mol. The van der Waals surface area contributed by atoms with Gasteiger partial charge in [0.25, 0.3) is 0 Å². The van der Waals surface area contributed by atoms with Crippen molar-refractivity contribution in [1.82, 2.24) is 38.6 Å². The quantitative estimate of drug-likeness (QED) is 0.129. The molecule has 0 spiro atoms. The van der Waals surface area contributed by atoms with Gasteiger partial charge in [-0.2, -0.15) is 0 Å². The Labute approximate surface area is 780 Å². The summed E-state index contributed by atoms with van der Waals surface area (Å²) in [5, 5.41) is 11.3. The number of nitrogens with zero attached hydrogens (tertiary/aromatic N) is 8. The Kier molecular flexibility index (Phi) is 19.0. The van der Waals surface area contributed by atoms with Crippen molar-refractivity contribution in [2.24, 2.45) is 0 Å². The SMILES string of the molecule is CC1(C)c2ccccc2-c2cc3c4ccccc4n(-c4cccc(-c5nc(-c6ccccc6)cc(-c6ccccc6)n5)c4)c3cc21.CC1(C)c2ccccc2-c2cc3c4ccccc4n(-c4nccc(-c5ccc(-c6cccc(-c7ccccc7)c6)cc5)n4)c3cc21.c1ccc(-c2ccc(-c3cc(-n4c5ccccc5c5c6sc7ccccc7c6ccc54)nc4ccccc34)cc2)cc1. The van der Waals surface area contributed by atoms with Crippen LogP contribution in [0.25, 0.3) is 226 Å². The molecule has 0 N–H and O–H groups in total. The van der Waals surface area contributed by atoms with Crippen LogP contribution in [-0.2, 0) is 10.8 Å². The highest BCUT2D eigenvalue weighted by Crippen LogP contribution is 2.54. The van der Waals surface area contributed by atoms with Crippen LogP contribution in [-0.4, -0.2) is 38.6 Å². The van der Waals surface area contributed by atoms with Crippen molar-refractivity contribution in [2.45, 2.75) is 38.5 Å². The van der Waals surface area contributed by atoms with Crippen LogP contribution in [0.5, 0.6) is 0 Å². The molecule has 0 atom stereocenters. The van der Waals surface area contributed by atoms with Crippen LogP contribution < -0.4 is 0 Å². The van der Waals surface area contributed by atoms with Gasteiger partial charge in [-0.25, -0.2) is 24.9 Å². The van der Waals surface area contributed by atoms with Gasteiger partial charge in [0.1, 0.15) is 5.82 Å². The highest BCUT2D eigenvalue weighted by Gasteiger charge is 2.38. The first kappa shape index (κ1) is 79.3. The summed E-state index contributed by atoms with van der Waals surface area (Å²) < 4.78 is 9.65. The molecule has 0 saturated carbocycles. The number of rotatable bonds is 11. The Morgan fingerprint density at radius 1 is 0.231 bits per heavy atom. The lowest BCUT2D eigenvalue weighted by atomic mass is 9.82. The lowest BCUT2D eigenvalue weighted by Gasteiger charge is -2.21. The zero-order valence-corrected chi connectivity index (χ0v) is 75.0. The van der Waals surface area contributed by atoms with Crippen LogP contribution in [0.15, 0.2) is 449 Å². The number of thiophene rings is 1. The molecule has 2 aliphatic rings. The summed E-state index contributed by atoms with van der Waals surface area (Å²) in [6, 6.07) is 158. The second kappa shape index (κ2) is 32.1. The van der Waals surface area contributed by atoms with Crippen molar-refractivity contribution in [3.05, 3.63) is 471 Å². The molecule has 7 heterocycles. The van der Waals surface area contributed by atoms with E-state index in [1.54, 1.807) is 0 Å². The van der Waals surface area contributed by atoms with Gasteiger partial charge in [0.2, 0.25) is 5.95 Å². The van der Waals surface area contributed by atoms with E-state index in [9.17, 15) is 0 Å². The number of para-hydroxylation sites is 4. The maximum atomic E-state index is 5.26. The van der Waals surface area contributed by atoms with Crippen LogP contribution in [0.1, 0.15) is 49.9 Å². The van der Waals surface area contributed by atoms with Crippen LogP contribution in [0.4, 0.5) is 0 Å². The molecule has 18 aromatic carbocycles. The molecule has 0 radical (unpaired) electrons. The Morgan fingerprint density at radius 3 is 1.29 bits per heavy atom. The van der Waals surface area contributed by atoms with E-state index in [4.69, 9.17) is 24.9 Å². The molecule has 632 valence electrons. The predicted molar refractivity (Wildman–Crippen MR) is 560 cm³/mol. The van der Waals surface area contributed by atoms with E-state index >= 15 is 0 Å². The molecule has 25 aromatic rings. The first-order chi connectivity index (χ1) is 65.9. The Balaban J connectivity index is 0.000000108. The van der Waals surface area contributed by atoms with E-state index in [2.05, 4.69) is 466 Å². The number of pyridine rings is 1. The summed E-state index contributed by atoms with van der Waals surface area (Å²) in [7, 11) is 0. The minimum atomic E-state index is -0.0908. The molecule has 8 nitrogen and oxygen atoms in total. The third-order valence-electron chi connectivity index (χ3n) is 27.7. The summed E-state index contributed by atoms with van der Waals surface area (Å²) >= 11 is 1.88. The highest BCUT2D eigenvalue weighted by molar-refractivity contribution is 7.26. The fourth-order valence-corrected chi connectivity index (χ4v) is 22.4. The maximum absolute atomic E-state index is 5.26. The zero-order chi connectivity index (χ0) is 89.3. The minimum absolute atomic E-state index is 0.0805. The van der Waals surface area contributed by atoms with Gasteiger partial charge in [-0.3, -0.25) is 9.13 Å². The number of aromatic nitrogens is 8. The Hall–Kier alpha value is -16.9. The van der Waals surface area contributed by atoms with E-state index in [1.165, 1.54) is 164 Å². The molecule has 0 unspecified atom stereocenters. The number of fused-ring (bicyclic) bond motifs is 20.